The molecule has 0 aromatic carbocycles. The molecule has 1 heterocycles. The molecule has 0 fully saturated rings. The summed E-state index contributed by atoms with van der Waals surface area (Å²) in [4.78, 5) is 27.0. The predicted octanol–water partition coefficient (Wildman–Crippen LogP) is 0.695. The molecule has 23 heavy (non-hydrogen) atoms. The average molecular weight is 361 g/mol. The molecule has 130 valence electrons. The van der Waals surface area contributed by atoms with Crippen LogP contribution in [-0.2, 0) is 19.6 Å². The predicted molar refractivity (Wildman–Crippen MR) is 89.7 cm³/mol. The number of hydrogen-bond donors (Lipinski definition) is 0. The SMILES string of the molecule is CCN(CC)C(=O)CN(C)C(=O)CN(C)S(=O)(=O)c1cccs1. The van der Waals surface area contributed by atoms with Gasteiger partial charge in [0.25, 0.3) is 10.0 Å². The van der Waals surface area contributed by atoms with Crippen LogP contribution in [0.25, 0.3) is 0 Å². The molecule has 0 atom stereocenters. The zero-order valence-electron chi connectivity index (χ0n) is 13.9. The van der Waals surface area contributed by atoms with Crippen LogP contribution in [0.1, 0.15) is 13.8 Å². The van der Waals surface area contributed by atoms with Gasteiger partial charge in [0.15, 0.2) is 0 Å². The van der Waals surface area contributed by atoms with Gasteiger partial charge in [0, 0.05) is 27.2 Å². The zero-order chi connectivity index (χ0) is 17.6. The first-order chi connectivity index (χ1) is 10.7. The molecule has 1 aromatic rings. The highest BCUT2D eigenvalue weighted by Crippen LogP contribution is 2.19. The fourth-order valence-corrected chi connectivity index (χ4v) is 4.25. The van der Waals surface area contributed by atoms with Crippen LogP contribution in [0.2, 0.25) is 0 Å². The van der Waals surface area contributed by atoms with Gasteiger partial charge in [-0.3, -0.25) is 9.59 Å². The van der Waals surface area contributed by atoms with E-state index in [2.05, 4.69) is 0 Å². The second-order valence-electron chi connectivity index (χ2n) is 5.01. The molecule has 0 aliphatic carbocycles. The van der Waals surface area contributed by atoms with Gasteiger partial charge >= 0.3 is 0 Å². The second-order valence-corrected chi connectivity index (χ2v) is 8.23. The van der Waals surface area contributed by atoms with Gasteiger partial charge in [-0.05, 0) is 25.3 Å². The summed E-state index contributed by atoms with van der Waals surface area (Å²) in [5, 5.41) is 1.66. The lowest BCUT2D eigenvalue weighted by Gasteiger charge is -2.24. The number of thiophene rings is 1. The maximum atomic E-state index is 12.3. The van der Waals surface area contributed by atoms with Crippen molar-refractivity contribution >= 4 is 33.2 Å². The Morgan fingerprint density at radius 1 is 1.09 bits per heavy atom. The van der Waals surface area contributed by atoms with Crippen molar-refractivity contribution in [2.45, 2.75) is 18.1 Å². The number of rotatable bonds is 8. The van der Waals surface area contributed by atoms with Crippen molar-refractivity contribution in [2.75, 3.05) is 40.3 Å². The maximum absolute atomic E-state index is 12.3. The highest BCUT2D eigenvalue weighted by atomic mass is 32.2. The second kappa shape index (κ2) is 8.42. The summed E-state index contributed by atoms with van der Waals surface area (Å²) in [6.45, 7) is 4.51. The summed E-state index contributed by atoms with van der Waals surface area (Å²) in [6.07, 6.45) is 0. The molecule has 0 radical (unpaired) electrons. The number of amides is 2. The molecule has 0 N–H and O–H groups in total. The number of nitrogens with zero attached hydrogens (tertiary/aromatic N) is 3. The molecule has 0 spiro atoms. The van der Waals surface area contributed by atoms with Gasteiger partial charge in [-0.15, -0.1) is 11.3 Å². The van der Waals surface area contributed by atoms with Gasteiger partial charge in [0.2, 0.25) is 11.8 Å². The van der Waals surface area contributed by atoms with Crippen LogP contribution in [0.15, 0.2) is 21.7 Å². The Balaban J connectivity index is 2.66. The first kappa shape index (κ1) is 19.6. The van der Waals surface area contributed by atoms with E-state index < -0.39 is 15.9 Å². The Bertz CT molecular complexity index is 624. The Morgan fingerprint density at radius 2 is 1.70 bits per heavy atom. The van der Waals surface area contributed by atoms with E-state index in [0.29, 0.717) is 13.1 Å². The van der Waals surface area contributed by atoms with E-state index >= 15 is 0 Å². The minimum Gasteiger partial charge on any atom is -0.342 e. The molecular weight excluding hydrogens is 338 g/mol. The van der Waals surface area contributed by atoms with Crippen LogP contribution >= 0.6 is 11.3 Å². The lowest BCUT2D eigenvalue weighted by Crippen LogP contribution is -2.44. The fourth-order valence-electron chi connectivity index (χ4n) is 1.93. The van der Waals surface area contributed by atoms with Crippen molar-refractivity contribution in [2.24, 2.45) is 0 Å². The average Bonchev–Trinajstić information content (AvgIpc) is 3.03. The van der Waals surface area contributed by atoms with E-state index in [4.69, 9.17) is 0 Å². The molecule has 1 aromatic heterocycles. The minimum absolute atomic E-state index is 0.0621. The molecule has 0 saturated carbocycles. The highest BCUT2D eigenvalue weighted by molar-refractivity contribution is 7.91. The molecule has 0 bridgehead atoms. The quantitative estimate of drug-likeness (QED) is 0.683. The molecule has 7 nitrogen and oxygen atoms in total. The normalized spacial score (nSPS) is 11.5. The van der Waals surface area contributed by atoms with Crippen molar-refractivity contribution < 1.29 is 18.0 Å². The molecule has 0 saturated heterocycles. The molecular formula is C14H23N3O4S2. The van der Waals surface area contributed by atoms with Crippen LogP contribution in [0.5, 0.6) is 0 Å². The first-order valence-electron chi connectivity index (χ1n) is 7.25. The van der Waals surface area contributed by atoms with E-state index in [1.807, 2.05) is 13.8 Å². The van der Waals surface area contributed by atoms with Gasteiger partial charge in [-0.1, -0.05) is 6.07 Å². The van der Waals surface area contributed by atoms with E-state index in [0.717, 1.165) is 15.6 Å². The number of likely N-dealkylation sites (N-methyl/N-ethyl adjacent to an activating group) is 3. The van der Waals surface area contributed by atoms with Crippen molar-refractivity contribution in [3.63, 3.8) is 0 Å². The third-order valence-corrected chi connectivity index (χ3v) is 6.61. The van der Waals surface area contributed by atoms with E-state index in [9.17, 15) is 18.0 Å². The van der Waals surface area contributed by atoms with Crippen molar-refractivity contribution in [1.29, 1.82) is 0 Å². The Labute approximate surface area is 141 Å². The topological polar surface area (TPSA) is 78.0 Å². The number of hydrogen-bond acceptors (Lipinski definition) is 5. The van der Waals surface area contributed by atoms with Crippen LogP contribution in [-0.4, -0.2) is 74.6 Å². The van der Waals surface area contributed by atoms with Crippen molar-refractivity contribution in [3.8, 4) is 0 Å². The Morgan fingerprint density at radius 3 is 2.17 bits per heavy atom. The fraction of sp³-hybridized carbons (Fsp3) is 0.571. The Kier molecular flexibility index (Phi) is 7.17. The summed E-state index contributed by atoms with van der Waals surface area (Å²) in [6, 6.07) is 3.14. The summed E-state index contributed by atoms with van der Waals surface area (Å²) >= 11 is 1.10. The van der Waals surface area contributed by atoms with Crippen LogP contribution < -0.4 is 0 Å². The van der Waals surface area contributed by atoms with E-state index in [1.165, 1.54) is 25.1 Å². The molecule has 0 unspecified atom stereocenters. The lowest BCUT2D eigenvalue weighted by molar-refractivity contribution is -0.139. The van der Waals surface area contributed by atoms with Crippen LogP contribution in [0, 0.1) is 0 Å². The van der Waals surface area contributed by atoms with Gasteiger partial charge < -0.3 is 9.80 Å². The van der Waals surface area contributed by atoms with Gasteiger partial charge in [0.1, 0.15) is 4.21 Å². The zero-order valence-corrected chi connectivity index (χ0v) is 15.5. The summed E-state index contributed by atoms with van der Waals surface area (Å²) in [7, 11) is -0.820. The van der Waals surface area contributed by atoms with Crippen LogP contribution in [0.3, 0.4) is 0 Å². The van der Waals surface area contributed by atoms with Crippen molar-refractivity contribution in [1.82, 2.24) is 14.1 Å². The van der Waals surface area contributed by atoms with Gasteiger partial charge in [0.05, 0.1) is 13.1 Å². The third kappa shape index (κ3) is 5.02. The smallest absolute Gasteiger partial charge is 0.252 e. The molecule has 2 amide bonds. The van der Waals surface area contributed by atoms with Gasteiger partial charge in [-0.2, -0.15) is 4.31 Å². The highest BCUT2D eigenvalue weighted by Gasteiger charge is 2.26. The monoisotopic (exact) mass is 361 g/mol. The summed E-state index contributed by atoms with van der Waals surface area (Å²) in [5.41, 5.74) is 0. The molecule has 0 aliphatic heterocycles. The molecule has 0 aliphatic rings. The number of sulfonamides is 1. The minimum atomic E-state index is -3.67. The Hall–Kier alpha value is -1.45. The van der Waals surface area contributed by atoms with E-state index in [1.54, 1.807) is 16.3 Å². The third-order valence-electron chi connectivity index (χ3n) is 3.43. The number of carbonyl (C=O) groups excluding carboxylic acids is 2. The van der Waals surface area contributed by atoms with E-state index in [-0.39, 0.29) is 23.2 Å². The summed E-state index contributed by atoms with van der Waals surface area (Å²) < 4.78 is 25.7. The van der Waals surface area contributed by atoms with Crippen LogP contribution in [0.4, 0.5) is 0 Å². The lowest BCUT2D eigenvalue weighted by atomic mass is 10.4. The number of carbonyl (C=O) groups is 2. The largest absolute Gasteiger partial charge is 0.342 e. The summed E-state index contributed by atoms with van der Waals surface area (Å²) in [5.74, 6) is -0.581. The molecule has 1 rings (SSSR count). The first-order valence-corrected chi connectivity index (χ1v) is 9.57. The standard InChI is InChI=1S/C14H23N3O4S2/c1-5-17(6-2)13(19)10-15(3)12(18)11-16(4)23(20,21)14-8-7-9-22-14/h7-9H,5-6,10-11H2,1-4H3. The molecule has 9 heteroatoms. The van der Waals surface area contributed by atoms with Gasteiger partial charge in [-0.25, -0.2) is 8.42 Å². The maximum Gasteiger partial charge on any atom is 0.252 e. The van der Waals surface area contributed by atoms with Crippen molar-refractivity contribution in [3.05, 3.63) is 17.5 Å².